The molecular formula is C24H32O5. The molecule has 1 aromatic carbocycles. The van der Waals surface area contributed by atoms with Crippen molar-refractivity contribution < 1.29 is 24.1 Å². The first-order chi connectivity index (χ1) is 14.2. The molecule has 0 amide bonds. The molecular weight excluding hydrogens is 368 g/mol. The van der Waals surface area contributed by atoms with Crippen molar-refractivity contribution >= 4 is 5.97 Å². The lowest BCUT2D eigenvalue weighted by Crippen LogP contribution is -2.35. The summed E-state index contributed by atoms with van der Waals surface area (Å²) >= 11 is 0. The van der Waals surface area contributed by atoms with Gasteiger partial charge in [0.25, 0.3) is 0 Å². The zero-order valence-electron chi connectivity index (χ0n) is 17.0. The summed E-state index contributed by atoms with van der Waals surface area (Å²) in [4.78, 5) is 10.6. The summed E-state index contributed by atoms with van der Waals surface area (Å²) in [7, 11) is 0. The van der Waals surface area contributed by atoms with Crippen LogP contribution in [0.2, 0.25) is 0 Å². The fourth-order valence-corrected chi connectivity index (χ4v) is 4.04. The number of carboxylic acids is 1. The monoisotopic (exact) mass is 400 g/mol. The molecule has 1 aliphatic carbocycles. The van der Waals surface area contributed by atoms with Crippen molar-refractivity contribution in [3.8, 4) is 5.75 Å². The average Bonchev–Trinajstić information content (AvgIpc) is 3.38. The third-order valence-corrected chi connectivity index (χ3v) is 5.64. The third kappa shape index (κ3) is 7.02. The Hall–Kier alpha value is -2.11. The number of para-hydroxylation sites is 1. The summed E-state index contributed by atoms with van der Waals surface area (Å²) in [5.74, 6) is 0.429. The molecule has 1 saturated carbocycles. The van der Waals surface area contributed by atoms with E-state index in [1.165, 1.54) is 19.3 Å². The molecule has 1 saturated heterocycles. The van der Waals surface area contributed by atoms with Crippen LogP contribution in [-0.4, -0.2) is 36.7 Å². The largest absolute Gasteiger partial charge is 0.488 e. The SMILES string of the molecule is O=C(O)CCC/C=C\C[C@H]1CCC[C@H]1/C=C/C1(COc2ccccc2)OCCO1. The Kier molecular flexibility index (Phi) is 8.32. The van der Waals surface area contributed by atoms with Gasteiger partial charge in [-0.25, -0.2) is 0 Å². The molecule has 5 heteroatoms. The molecule has 0 bridgehead atoms. The number of hydrogen-bond donors (Lipinski definition) is 1. The highest BCUT2D eigenvalue weighted by Gasteiger charge is 2.36. The molecule has 2 atom stereocenters. The van der Waals surface area contributed by atoms with E-state index in [4.69, 9.17) is 19.3 Å². The average molecular weight is 401 g/mol. The summed E-state index contributed by atoms with van der Waals surface area (Å²) in [6.07, 6.45) is 15.1. The minimum absolute atomic E-state index is 0.242. The molecule has 2 fully saturated rings. The molecule has 1 heterocycles. The second-order valence-electron chi connectivity index (χ2n) is 7.82. The van der Waals surface area contributed by atoms with Gasteiger partial charge in [-0.3, -0.25) is 4.79 Å². The van der Waals surface area contributed by atoms with E-state index in [0.717, 1.165) is 18.6 Å². The Morgan fingerprint density at radius 2 is 1.97 bits per heavy atom. The number of carboxylic acid groups (broad SMARTS) is 1. The van der Waals surface area contributed by atoms with Gasteiger partial charge in [-0.05, 0) is 62.1 Å². The maximum absolute atomic E-state index is 10.6. The van der Waals surface area contributed by atoms with Gasteiger partial charge in [0.05, 0.1) is 13.2 Å². The Morgan fingerprint density at radius 1 is 1.17 bits per heavy atom. The second-order valence-corrected chi connectivity index (χ2v) is 7.82. The zero-order chi connectivity index (χ0) is 20.4. The first kappa shape index (κ1) is 21.6. The van der Waals surface area contributed by atoms with E-state index in [1.807, 2.05) is 30.3 Å². The van der Waals surface area contributed by atoms with E-state index < -0.39 is 11.8 Å². The molecule has 0 aromatic heterocycles. The molecule has 2 aliphatic rings. The first-order valence-electron chi connectivity index (χ1n) is 10.7. The number of rotatable bonds is 11. The number of benzene rings is 1. The predicted molar refractivity (Wildman–Crippen MR) is 112 cm³/mol. The van der Waals surface area contributed by atoms with Crippen LogP contribution in [-0.2, 0) is 14.3 Å². The van der Waals surface area contributed by atoms with Gasteiger partial charge in [0.2, 0.25) is 5.79 Å². The van der Waals surface area contributed by atoms with Crippen LogP contribution in [0.4, 0.5) is 0 Å². The standard InChI is InChI=1S/C24H32O5/c25-23(26)14-7-2-1-4-9-20-10-8-11-21(20)15-16-24(28-17-18-29-24)19-27-22-12-5-3-6-13-22/h1,3-6,12-13,15-16,20-21H,2,7-11,14,17-19H2,(H,25,26)/b4-1-,16-15+/t20-,21-/m0/s1. The molecule has 0 radical (unpaired) electrons. The fraction of sp³-hybridized carbons (Fsp3) is 0.542. The van der Waals surface area contributed by atoms with Gasteiger partial charge in [0.15, 0.2) is 0 Å². The topological polar surface area (TPSA) is 65.0 Å². The van der Waals surface area contributed by atoms with Crippen LogP contribution in [0.15, 0.2) is 54.6 Å². The van der Waals surface area contributed by atoms with Crippen LogP contribution >= 0.6 is 0 Å². The van der Waals surface area contributed by atoms with Crippen LogP contribution in [0.1, 0.15) is 44.9 Å². The summed E-state index contributed by atoms with van der Waals surface area (Å²) in [6, 6.07) is 9.73. The van der Waals surface area contributed by atoms with Gasteiger partial charge < -0.3 is 19.3 Å². The molecule has 1 N–H and O–H groups in total. The normalized spacial score (nSPS) is 23.9. The van der Waals surface area contributed by atoms with Crippen molar-refractivity contribution in [1.82, 2.24) is 0 Å². The molecule has 158 valence electrons. The smallest absolute Gasteiger partial charge is 0.303 e. The summed E-state index contributed by atoms with van der Waals surface area (Å²) in [5.41, 5.74) is 0. The molecule has 29 heavy (non-hydrogen) atoms. The van der Waals surface area contributed by atoms with Crippen LogP contribution in [0.5, 0.6) is 5.75 Å². The Bertz CT molecular complexity index is 676. The van der Waals surface area contributed by atoms with E-state index in [1.54, 1.807) is 0 Å². The number of aliphatic carboxylic acids is 1. The van der Waals surface area contributed by atoms with Gasteiger partial charge in [-0.1, -0.05) is 42.8 Å². The maximum Gasteiger partial charge on any atom is 0.303 e. The number of allylic oxidation sites excluding steroid dienone is 3. The van der Waals surface area contributed by atoms with Crippen molar-refractivity contribution in [1.29, 1.82) is 0 Å². The Labute approximate surface area is 173 Å². The number of hydrogen-bond acceptors (Lipinski definition) is 4. The van der Waals surface area contributed by atoms with Crippen LogP contribution in [0.25, 0.3) is 0 Å². The molecule has 1 aliphatic heterocycles. The highest BCUT2D eigenvalue weighted by Crippen LogP contribution is 2.36. The van der Waals surface area contributed by atoms with Crippen LogP contribution in [0.3, 0.4) is 0 Å². The predicted octanol–water partition coefficient (Wildman–Crippen LogP) is 4.98. The minimum atomic E-state index is -0.796. The first-order valence-corrected chi connectivity index (χ1v) is 10.7. The minimum Gasteiger partial charge on any atom is -0.488 e. The van der Waals surface area contributed by atoms with E-state index >= 15 is 0 Å². The van der Waals surface area contributed by atoms with E-state index in [9.17, 15) is 4.79 Å². The lowest BCUT2D eigenvalue weighted by Gasteiger charge is -2.25. The van der Waals surface area contributed by atoms with E-state index in [0.29, 0.717) is 38.1 Å². The van der Waals surface area contributed by atoms with Crippen LogP contribution < -0.4 is 4.74 Å². The molecule has 5 nitrogen and oxygen atoms in total. The highest BCUT2D eigenvalue weighted by atomic mass is 16.8. The fourth-order valence-electron chi connectivity index (χ4n) is 4.04. The highest BCUT2D eigenvalue weighted by molar-refractivity contribution is 5.66. The molecule has 1 aromatic rings. The van der Waals surface area contributed by atoms with Crippen molar-refractivity contribution in [3.63, 3.8) is 0 Å². The van der Waals surface area contributed by atoms with Gasteiger partial charge >= 0.3 is 5.97 Å². The van der Waals surface area contributed by atoms with E-state index in [-0.39, 0.29) is 6.42 Å². The van der Waals surface area contributed by atoms with Crippen molar-refractivity contribution in [2.24, 2.45) is 11.8 Å². The van der Waals surface area contributed by atoms with Gasteiger partial charge in [0, 0.05) is 6.42 Å². The second kappa shape index (κ2) is 11.2. The quantitative estimate of drug-likeness (QED) is 0.419. The summed E-state index contributed by atoms with van der Waals surface area (Å²) in [5, 5.41) is 8.69. The molecule has 0 spiro atoms. The molecule has 3 rings (SSSR count). The van der Waals surface area contributed by atoms with Gasteiger partial charge in [-0.2, -0.15) is 0 Å². The van der Waals surface area contributed by atoms with Gasteiger partial charge in [0.1, 0.15) is 12.4 Å². The number of unbranched alkanes of at least 4 members (excludes halogenated alkanes) is 1. The van der Waals surface area contributed by atoms with Crippen molar-refractivity contribution in [2.45, 2.75) is 50.7 Å². The molecule has 0 unspecified atom stereocenters. The summed E-state index contributed by atoms with van der Waals surface area (Å²) < 4.78 is 17.7. The van der Waals surface area contributed by atoms with Crippen molar-refractivity contribution in [2.75, 3.05) is 19.8 Å². The lowest BCUT2D eigenvalue weighted by molar-refractivity contribution is -0.139. The van der Waals surface area contributed by atoms with Crippen molar-refractivity contribution in [3.05, 3.63) is 54.6 Å². The Balaban J connectivity index is 1.50. The maximum atomic E-state index is 10.6. The summed E-state index contributed by atoms with van der Waals surface area (Å²) in [6.45, 7) is 1.50. The Morgan fingerprint density at radius 3 is 2.72 bits per heavy atom. The third-order valence-electron chi connectivity index (χ3n) is 5.64. The van der Waals surface area contributed by atoms with Gasteiger partial charge in [-0.15, -0.1) is 0 Å². The van der Waals surface area contributed by atoms with Crippen LogP contribution in [0, 0.1) is 11.8 Å². The zero-order valence-corrected chi connectivity index (χ0v) is 17.0. The number of ether oxygens (including phenoxy) is 3. The lowest BCUT2D eigenvalue weighted by atomic mass is 9.91. The van der Waals surface area contributed by atoms with E-state index in [2.05, 4.69) is 24.3 Å². The number of carbonyl (C=O) groups is 1.